The van der Waals surface area contributed by atoms with Crippen molar-refractivity contribution in [2.24, 2.45) is 22.6 Å². The van der Waals surface area contributed by atoms with Crippen LogP contribution in [0.1, 0.15) is 44.2 Å². The molecule has 5 rings (SSSR count). The van der Waals surface area contributed by atoms with Crippen LogP contribution < -0.4 is 17.1 Å². The van der Waals surface area contributed by atoms with E-state index in [0.29, 0.717) is 11.8 Å². The Hall–Kier alpha value is -2.90. The Balaban J connectivity index is 0.00000231. The van der Waals surface area contributed by atoms with Gasteiger partial charge in [0.2, 0.25) is 0 Å². The van der Waals surface area contributed by atoms with Crippen molar-refractivity contribution in [3.05, 3.63) is 53.6 Å². The molecule has 0 bridgehead atoms. The highest BCUT2D eigenvalue weighted by Gasteiger charge is 2.27. The summed E-state index contributed by atoms with van der Waals surface area (Å²) >= 11 is 0. The Bertz CT molecular complexity index is 1070. The molecule has 1 saturated carbocycles. The van der Waals surface area contributed by atoms with Gasteiger partial charge in [-0.15, -0.1) is 5.10 Å². The molecule has 0 amide bonds. The maximum Gasteiger partial charge on any atom is 0.174 e. The Morgan fingerprint density at radius 3 is 2.77 bits per heavy atom. The van der Waals surface area contributed by atoms with E-state index in [1.54, 1.807) is 0 Å². The number of amidine groups is 1. The van der Waals surface area contributed by atoms with Crippen LogP contribution in [-0.4, -0.2) is 35.5 Å². The van der Waals surface area contributed by atoms with E-state index in [4.69, 9.17) is 16.1 Å². The first-order chi connectivity index (χ1) is 14.7. The molecule has 158 valence electrons. The van der Waals surface area contributed by atoms with Gasteiger partial charge in [-0.1, -0.05) is 23.4 Å². The van der Waals surface area contributed by atoms with Gasteiger partial charge in [-0.3, -0.25) is 0 Å². The Morgan fingerprint density at radius 2 is 2.00 bits per heavy atom. The van der Waals surface area contributed by atoms with E-state index in [2.05, 4.69) is 45.0 Å². The molecule has 1 saturated heterocycles. The molecule has 30 heavy (non-hydrogen) atoms. The highest BCUT2D eigenvalue weighted by Crippen LogP contribution is 2.35. The van der Waals surface area contributed by atoms with Crippen molar-refractivity contribution in [2.45, 2.75) is 31.6 Å². The van der Waals surface area contributed by atoms with Crippen LogP contribution in [-0.2, 0) is 0 Å². The van der Waals surface area contributed by atoms with Crippen LogP contribution in [0.25, 0.3) is 22.2 Å². The smallest absolute Gasteiger partial charge is 0.174 e. The molecule has 0 spiro atoms. The third-order valence-corrected chi connectivity index (χ3v) is 6.38. The van der Waals surface area contributed by atoms with Gasteiger partial charge in [-0.05, 0) is 80.4 Å². The van der Waals surface area contributed by atoms with Crippen LogP contribution in [0.5, 0.6) is 0 Å². The lowest BCUT2D eigenvalue weighted by Gasteiger charge is -2.32. The van der Waals surface area contributed by atoms with Gasteiger partial charge in [0.15, 0.2) is 11.6 Å². The fraction of sp³-hybridized carbons (Fsp3) is 0.391. The number of nitrogens with zero attached hydrogens (tertiary/aromatic N) is 3. The lowest BCUT2D eigenvalue weighted by Crippen LogP contribution is -2.34. The van der Waals surface area contributed by atoms with Gasteiger partial charge in [0.05, 0.1) is 5.39 Å². The van der Waals surface area contributed by atoms with Gasteiger partial charge < -0.3 is 15.2 Å². The van der Waals surface area contributed by atoms with Crippen LogP contribution in [0.3, 0.4) is 0 Å². The van der Waals surface area contributed by atoms with Crippen molar-refractivity contribution in [3.8, 4) is 11.3 Å². The summed E-state index contributed by atoms with van der Waals surface area (Å²) in [5.74, 6) is 7.89. The topological polar surface area (TPSA) is 106 Å². The summed E-state index contributed by atoms with van der Waals surface area (Å²) in [6, 6.07) is 14.4. The summed E-state index contributed by atoms with van der Waals surface area (Å²) in [7, 11) is 0. The van der Waals surface area contributed by atoms with Crippen molar-refractivity contribution in [1.82, 2.24) is 15.6 Å². The normalized spacial score (nSPS) is 18.8. The third-order valence-electron chi connectivity index (χ3n) is 6.38. The number of likely N-dealkylation sites (tertiary alicyclic amines) is 1. The van der Waals surface area contributed by atoms with Crippen LogP contribution in [0.2, 0.25) is 0 Å². The minimum absolute atomic E-state index is 0. The number of hydrazine groups is 1. The molecule has 0 atom stereocenters. The van der Waals surface area contributed by atoms with Gasteiger partial charge >= 0.3 is 0 Å². The fourth-order valence-corrected chi connectivity index (χ4v) is 4.49. The zero-order valence-electron chi connectivity index (χ0n) is 17.1. The average molecular weight is 407 g/mol. The largest absolute Gasteiger partial charge is 0.382 e. The first-order valence-electron chi connectivity index (χ1n) is 10.7. The molecule has 2 fully saturated rings. The summed E-state index contributed by atoms with van der Waals surface area (Å²) in [6.07, 6.45) is 5.29. The second kappa shape index (κ2) is 8.08. The van der Waals surface area contributed by atoms with Gasteiger partial charge in [0.25, 0.3) is 0 Å². The highest BCUT2D eigenvalue weighted by atomic mass is 16.5. The molecule has 7 nitrogen and oxygen atoms in total. The van der Waals surface area contributed by atoms with Crippen LogP contribution in [0.4, 0.5) is 0 Å². The number of hydrogen-bond acceptors (Lipinski definition) is 6. The molecular formula is C23H30N6O. The Kier molecular flexibility index (Phi) is 5.14. The van der Waals surface area contributed by atoms with Crippen molar-refractivity contribution >= 4 is 16.7 Å². The first-order valence-corrected chi connectivity index (χ1v) is 10.7. The number of nitrogens with one attached hydrogen (secondary N) is 1. The van der Waals surface area contributed by atoms with Crippen molar-refractivity contribution in [1.29, 1.82) is 0 Å². The molecule has 1 aliphatic carbocycles. The van der Waals surface area contributed by atoms with E-state index in [9.17, 15) is 0 Å². The van der Waals surface area contributed by atoms with Gasteiger partial charge in [0, 0.05) is 19.1 Å². The molecule has 7 heteroatoms. The molecule has 5 N–H and O–H groups in total. The zero-order chi connectivity index (χ0) is 20.5. The Morgan fingerprint density at radius 1 is 1.17 bits per heavy atom. The lowest BCUT2D eigenvalue weighted by molar-refractivity contribution is 0.205. The lowest BCUT2D eigenvalue weighted by atomic mass is 9.88. The second-order valence-electron chi connectivity index (χ2n) is 8.51. The van der Waals surface area contributed by atoms with Crippen molar-refractivity contribution in [3.63, 3.8) is 0 Å². The molecule has 2 aliphatic rings. The van der Waals surface area contributed by atoms with Crippen molar-refractivity contribution in [2.75, 3.05) is 19.6 Å². The van der Waals surface area contributed by atoms with E-state index in [0.717, 1.165) is 33.7 Å². The highest BCUT2D eigenvalue weighted by molar-refractivity contribution is 6.02. The van der Waals surface area contributed by atoms with E-state index in [1.165, 1.54) is 50.9 Å². The van der Waals surface area contributed by atoms with Crippen molar-refractivity contribution < 1.29 is 5.95 Å². The van der Waals surface area contributed by atoms with E-state index in [1.807, 2.05) is 18.2 Å². The summed E-state index contributed by atoms with van der Waals surface area (Å²) in [5, 5.41) is 9.00. The maximum absolute atomic E-state index is 5.97. The van der Waals surface area contributed by atoms with E-state index >= 15 is 0 Å². The van der Waals surface area contributed by atoms with Crippen LogP contribution >= 0.6 is 0 Å². The number of nitrogens with two attached hydrogens (primary N) is 2. The third kappa shape index (κ3) is 3.91. The van der Waals surface area contributed by atoms with Crippen LogP contribution in [0.15, 0.2) is 52.1 Å². The first kappa shape index (κ1) is 19.1. The average Bonchev–Trinajstić information content (AvgIpc) is 3.49. The Labute approximate surface area is 177 Å². The standard InChI is InChI=1S/C23H28N6O.H2/c24-23(26-28-25)19-6-7-21-20(13-19)22(30-27-21)18-3-1-2-17(12-18)16-8-10-29(11-9-16)14-15-4-5-15;/h1-3,6-7,12-13,15-16,28H,4-5,8-11,14,25H2,(H2,24,26);1H. The molecule has 1 aliphatic heterocycles. The molecule has 2 aromatic carbocycles. The zero-order valence-corrected chi connectivity index (χ0v) is 17.1. The van der Waals surface area contributed by atoms with E-state index in [-0.39, 0.29) is 1.43 Å². The summed E-state index contributed by atoms with van der Waals surface area (Å²) < 4.78 is 5.73. The minimum Gasteiger partial charge on any atom is -0.382 e. The second-order valence-corrected chi connectivity index (χ2v) is 8.51. The molecule has 1 aromatic heterocycles. The summed E-state index contributed by atoms with van der Waals surface area (Å²) in [5.41, 5.74) is 12.2. The van der Waals surface area contributed by atoms with E-state index < -0.39 is 0 Å². The van der Waals surface area contributed by atoms with Gasteiger partial charge in [-0.2, -0.15) is 0 Å². The molecule has 0 unspecified atom stereocenters. The molecular weight excluding hydrogens is 376 g/mol. The molecule has 3 aromatic rings. The van der Waals surface area contributed by atoms with Gasteiger partial charge in [0.1, 0.15) is 5.52 Å². The number of aromatic nitrogens is 1. The van der Waals surface area contributed by atoms with Gasteiger partial charge in [-0.25, -0.2) is 11.4 Å². The number of hydrogen-bond donors (Lipinski definition) is 3. The molecule has 0 radical (unpaired) electrons. The molecule has 2 heterocycles. The summed E-state index contributed by atoms with van der Waals surface area (Å²) in [6.45, 7) is 3.70. The minimum atomic E-state index is 0. The quantitative estimate of drug-likeness (QED) is 0.251. The SMILES string of the molecule is NN/N=C(\N)c1ccc2noc(-c3cccc(C4CCN(CC5CC5)CC4)c3)c2c1.[HH]. The van der Waals surface area contributed by atoms with Crippen LogP contribution in [0, 0.1) is 5.92 Å². The number of fused-ring (bicyclic) bond motifs is 1. The predicted molar refractivity (Wildman–Crippen MR) is 121 cm³/mol. The fourth-order valence-electron chi connectivity index (χ4n) is 4.49. The predicted octanol–water partition coefficient (Wildman–Crippen LogP) is 3.41. The summed E-state index contributed by atoms with van der Waals surface area (Å²) in [4.78, 5) is 2.64. The number of piperidine rings is 1. The number of benzene rings is 2. The number of hydrazone groups is 1. The monoisotopic (exact) mass is 406 g/mol. The number of rotatable bonds is 6. The maximum atomic E-state index is 5.97.